The summed E-state index contributed by atoms with van der Waals surface area (Å²) in [4.78, 5) is 85.9. The van der Waals surface area contributed by atoms with Crippen molar-refractivity contribution in [2.45, 2.75) is 109 Å². The smallest absolute Gasteiger partial charge is 0.427 e. The molecule has 0 bridgehead atoms. The number of aryl methyl sites for hydroxylation is 1. The fourth-order valence-electron chi connectivity index (χ4n) is 6.31. The molecule has 0 spiro atoms. The van der Waals surface area contributed by atoms with Crippen LogP contribution in [0.3, 0.4) is 0 Å². The molecule has 5 atom stereocenters. The summed E-state index contributed by atoms with van der Waals surface area (Å²) >= 11 is 0. The Morgan fingerprint density at radius 3 is 2.00 bits per heavy atom. The average Bonchev–Trinajstić information content (AvgIpc) is 3.69. The molecule has 0 aliphatic heterocycles. The number of imidazole rings is 1. The third-order valence-electron chi connectivity index (χ3n) is 9.90. The van der Waals surface area contributed by atoms with Crippen molar-refractivity contribution in [3.63, 3.8) is 0 Å². The number of hydrogen-bond acceptors (Lipinski definition) is 10. The number of carbonyl (C=O) groups excluding carboxylic acids is 6. The number of unbranched alkanes of at least 4 members (excludes halogenated alkanes) is 2. The van der Waals surface area contributed by atoms with Gasteiger partial charge in [-0.3, -0.25) is 28.8 Å². The van der Waals surface area contributed by atoms with E-state index in [1.807, 2.05) is 12.1 Å². The molecule has 302 valence electrons. The van der Waals surface area contributed by atoms with E-state index in [2.05, 4.69) is 51.8 Å². The van der Waals surface area contributed by atoms with Crippen molar-refractivity contribution in [1.82, 2.24) is 20.6 Å². The van der Waals surface area contributed by atoms with Crippen LogP contribution in [0.2, 0.25) is 5.82 Å². The van der Waals surface area contributed by atoms with Gasteiger partial charge in [0.2, 0.25) is 17.7 Å². The van der Waals surface area contributed by atoms with Crippen LogP contribution < -0.4 is 22.1 Å². The molecule has 0 saturated heterocycles. The van der Waals surface area contributed by atoms with E-state index in [4.69, 9.17) is 11.5 Å². The maximum atomic E-state index is 13.9. The van der Waals surface area contributed by atoms with Gasteiger partial charge in [0.15, 0.2) is 17.3 Å². The van der Waals surface area contributed by atoms with Crippen molar-refractivity contribution < 1.29 is 38.8 Å². The van der Waals surface area contributed by atoms with Crippen LogP contribution in [0.5, 0.6) is 0 Å². The van der Waals surface area contributed by atoms with Gasteiger partial charge in [0.1, 0.15) is 0 Å². The summed E-state index contributed by atoms with van der Waals surface area (Å²) in [5.41, 5.74) is 15.3. The summed E-state index contributed by atoms with van der Waals surface area (Å²) in [6.45, 7) is 5.47. The van der Waals surface area contributed by atoms with Crippen molar-refractivity contribution in [2.75, 3.05) is 6.54 Å². The summed E-state index contributed by atoms with van der Waals surface area (Å²) in [5.74, 6) is -5.99. The van der Waals surface area contributed by atoms with Crippen molar-refractivity contribution in [3.05, 3.63) is 77.9 Å². The Morgan fingerprint density at radius 2 is 1.43 bits per heavy atom. The Kier molecular flexibility index (Phi) is 18.8. The molecule has 3 amide bonds. The zero-order valence-electron chi connectivity index (χ0n) is 32.7. The van der Waals surface area contributed by atoms with Gasteiger partial charge < -0.3 is 37.1 Å². The summed E-state index contributed by atoms with van der Waals surface area (Å²) < 4.78 is 0. The number of amides is 3. The van der Waals surface area contributed by atoms with Crippen LogP contribution in [0, 0.1) is 11.8 Å². The molecule has 0 saturated carbocycles. The topological polar surface area (TPSA) is 248 Å². The lowest BCUT2D eigenvalue weighted by Gasteiger charge is -2.24. The Bertz CT molecular complexity index is 1730. The quantitative estimate of drug-likeness (QED) is 0.0357. The van der Waals surface area contributed by atoms with Crippen LogP contribution in [0.15, 0.2) is 61.1 Å². The van der Waals surface area contributed by atoms with Gasteiger partial charge in [-0.2, -0.15) is 0 Å². The molecule has 9 N–H and O–H groups in total. The zero-order valence-corrected chi connectivity index (χ0v) is 32.7. The highest BCUT2D eigenvalue weighted by Crippen LogP contribution is 2.24. The molecule has 0 radical (unpaired) electrons. The van der Waals surface area contributed by atoms with Crippen molar-refractivity contribution in [2.24, 2.45) is 23.3 Å². The van der Waals surface area contributed by atoms with Crippen molar-refractivity contribution >= 4 is 42.2 Å². The van der Waals surface area contributed by atoms with Crippen molar-refractivity contribution in [3.8, 4) is 11.1 Å². The minimum absolute atomic E-state index is 0.0353. The predicted octanol–water partition coefficient (Wildman–Crippen LogP) is 3.24. The Labute approximate surface area is 329 Å². The fourth-order valence-corrected chi connectivity index (χ4v) is 6.31. The number of aromatic nitrogens is 2. The molecule has 1 heterocycles. The van der Waals surface area contributed by atoms with E-state index in [1.54, 1.807) is 12.1 Å². The Balaban J connectivity index is 1.73. The highest BCUT2D eigenvalue weighted by atomic mass is 16.4. The van der Waals surface area contributed by atoms with E-state index in [0.717, 1.165) is 30.4 Å². The van der Waals surface area contributed by atoms with E-state index >= 15 is 0 Å². The highest BCUT2D eigenvalue weighted by molar-refractivity contribution is 6.43. The van der Waals surface area contributed by atoms with E-state index < -0.39 is 72.6 Å². The summed E-state index contributed by atoms with van der Waals surface area (Å²) in [5, 5.41) is 24.1. The molecule has 0 aliphatic carbocycles. The number of nitrogens with zero attached hydrogens (tertiary/aromatic N) is 1. The predicted molar refractivity (Wildman–Crippen MR) is 214 cm³/mol. The van der Waals surface area contributed by atoms with Crippen molar-refractivity contribution in [1.29, 1.82) is 0 Å². The minimum Gasteiger partial charge on any atom is -0.427 e. The molecule has 14 nitrogen and oxygen atoms in total. The molecule has 0 fully saturated rings. The molecule has 3 aromatic rings. The fraction of sp³-hybridized carbons (Fsp3) is 0.488. The minimum atomic E-state index is -1.78. The largest absolute Gasteiger partial charge is 0.454 e. The van der Waals surface area contributed by atoms with E-state index in [0.29, 0.717) is 37.1 Å². The number of primary amides is 1. The lowest BCUT2D eigenvalue weighted by atomic mass is 9.71. The van der Waals surface area contributed by atoms with E-state index in [-0.39, 0.29) is 31.5 Å². The van der Waals surface area contributed by atoms with Crippen LogP contribution in [0.25, 0.3) is 11.1 Å². The molecule has 0 aliphatic rings. The first kappa shape index (κ1) is 45.4. The number of nitrogens with one attached hydrogen (secondary N) is 3. The summed E-state index contributed by atoms with van der Waals surface area (Å²) in [7, 11) is -1.78. The lowest BCUT2D eigenvalue weighted by molar-refractivity contribution is -0.134. The number of carbonyl (C=O) groups is 6. The molecule has 3 rings (SSSR count). The standard InChI is InChI=1S/C41H57BN6O8/c1-4-5-8-28-10-12-29(13-11-28)30-14-16-31(17-15-30)36(49)21-32(9-6-7-18-43)41(54)48-34(22-33-24-45-25-46-33)37(50)19-26(2)40(53)47-35(23-39(44)52)38(51)20-27(3)42(55)56/h10-17,24-27,32,34-35,55-56H,4-9,18-23,43H2,1-3H3,(H2,44,52)(H,45,46)(H,47,53)(H,48,54)/t26-,27-,32-,34+,35+/m1/s1. The van der Waals surface area contributed by atoms with Gasteiger partial charge in [0.05, 0.1) is 24.8 Å². The first-order chi connectivity index (χ1) is 26.7. The molecule has 1 aromatic heterocycles. The second-order valence-corrected chi connectivity index (χ2v) is 14.7. The number of H-pyrrole nitrogens is 1. The normalized spacial score (nSPS) is 13.8. The second kappa shape index (κ2) is 23.2. The number of Topliss-reactive ketones (excluding diaryl/α,β-unsaturated/α-hetero) is 3. The van der Waals surface area contributed by atoms with Crippen LogP contribution in [-0.4, -0.2) is 80.8 Å². The Hall–Kier alpha value is -4.99. The number of hydrogen-bond donors (Lipinski definition) is 7. The molecular formula is C41H57BN6O8. The number of aromatic amines is 1. The maximum absolute atomic E-state index is 13.9. The van der Waals surface area contributed by atoms with Crippen LogP contribution in [-0.2, 0) is 36.8 Å². The second-order valence-electron chi connectivity index (χ2n) is 14.7. The van der Waals surface area contributed by atoms with Crippen LogP contribution in [0.4, 0.5) is 0 Å². The molecule has 15 heteroatoms. The van der Waals surface area contributed by atoms with Gasteiger partial charge in [-0.25, -0.2) is 4.98 Å². The third kappa shape index (κ3) is 14.9. The molecular weight excluding hydrogens is 715 g/mol. The SMILES string of the molecule is CCCCc1ccc(-c2ccc(C(=O)C[C@@H](CCCCN)C(=O)N[C@@H](Cc3cnc[nH]3)C(=O)C[C@@H](C)C(=O)N[C@@H](CC(N)=O)C(=O)C[C@@H](C)B(O)O)cc2)cc1. The first-order valence-corrected chi connectivity index (χ1v) is 19.4. The van der Waals surface area contributed by atoms with E-state index in [1.165, 1.54) is 31.9 Å². The summed E-state index contributed by atoms with van der Waals surface area (Å²) in [6.07, 6.45) is 6.60. The van der Waals surface area contributed by atoms with Gasteiger partial charge in [0.25, 0.3) is 0 Å². The summed E-state index contributed by atoms with van der Waals surface area (Å²) in [6, 6.07) is 13.3. The van der Waals surface area contributed by atoms with Gasteiger partial charge in [-0.05, 0) is 54.7 Å². The molecule has 56 heavy (non-hydrogen) atoms. The van der Waals surface area contributed by atoms with Gasteiger partial charge in [0, 0.05) is 55.0 Å². The number of nitrogens with two attached hydrogens (primary N) is 2. The number of ketones is 3. The maximum Gasteiger partial charge on any atom is 0.454 e. The molecule has 2 aromatic carbocycles. The first-order valence-electron chi connectivity index (χ1n) is 19.4. The van der Waals surface area contributed by atoms with Crippen LogP contribution in [0.1, 0.15) is 100 Å². The molecule has 0 unspecified atom stereocenters. The Morgan fingerprint density at radius 1 is 0.804 bits per heavy atom. The van der Waals surface area contributed by atoms with Crippen LogP contribution >= 0.6 is 0 Å². The van der Waals surface area contributed by atoms with Gasteiger partial charge in [-0.15, -0.1) is 0 Å². The number of rotatable bonds is 26. The van der Waals surface area contributed by atoms with E-state index in [9.17, 15) is 38.8 Å². The van der Waals surface area contributed by atoms with Gasteiger partial charge >= 0.3 is 7.12 Å². The van der Waals surface area contributed by atoms with Gasteiger partial charge in [-0.1, -0.05) is 82.1 Å². The average molecular weight is 773 g/mol. The monoisotopic (exact) mass is 772 g/mol. The lowest BCUT2D eigenvalue weighted by Crippen LogP contribution is -2.48. The number of benzene rings is 2. The zero-order chi connectivity index (χ0) is 41.2. The third-order valence-corrected chi connectivity index (χ3v) is 9.90. The highest BCUT2D eigenvalue weighted by Gasteiger charge is 2.32.